The van der Waals surface area contributed by atoms with E-state index in [1.165, 1.54) is 5.56 Å². The average Bonchev–Trinajstić information content (AvgIpc) is 2.61. The molecule has 2 atom stereocenters. The summed E-state index contributed by atoms with van der Waals surface area (Å²) in [5, 5.41) is 9.88. The van der Waals surface area contributed by atoms with Gasteiger partial charge in [0.25, 0.3) is 0 Å². The van der Waals surface area contributed by atoms with E-state index in [1.54, 1.807) is 12.3 Å². The van der Waals surface area contributed by atoms with E-state index >= 15 is 0 Å². The number of aryl methyl sites for hydroxylation is 1. The van der Waals surface area contributed by atoms with E-state index in [0.717, 1.165) is 18.5 Å². The summed E-state index contributed by atoms with van der Waals surface area (Å²) in [4.78, 5) is 4.35. The summed E-state index contributed by atoms with van der Waals surface area (Å²) < 4.78 is 0. The third-order valence-electron chi connectivity index (χ3n) is 2.87. The molecule has 0 saturated carbocycles. The van der Waals surface area contributed by atoms with Crippen molar-refractivity contribution in [3.8, 4) is 0 Å². The number of rotatable bonds is 3. The van der Waals surface area contributed by atoms with Crippen LogP contribution in [-0.4, -0.2) is 16.2 Å². The van der Waals surface area contributed by atoms with E-state index in [9.17, 15) is 5.11 Å². The number of hydrogen-bond donors (Lipinski definition) is 1. The van der Waals surface area contributed by atoms with Crippen molar-refractivity contribution >= 4 is 0 Å². The van der Waals surface area contributed by atoms with Crippen LogP contribution in [0.5, 0.6) is 0 Å². The predicted octanol–water partition coefficient (Wildman–Crippen LogP) is 2.05. The Kier molecular flexibility index (Phi) is 2.64. The van der Waals surface area contributed by atoms with E-state index in [0.29, 0.717) is 6.42 Å². The van der Waals surface area contributed by atoms with E-state index < -0.39 is 0 Å². The molecule has 2 heteroatoms. The minimum Gasteiger partial charge on any atom is -0.392 e. The fourth-order valence-electron chi connectivity index (χ4n) is 2.15. The van der Waals surface area contributed by atoms with Gasteiger partial charge in [0.1, 0.15) is 0 Å². The summed E-state index contributed by atoms with van der Waals surface area (Å²) in [5.41, 5.74) is 2.38. The molecule has 74 valence electrons. The third kappa shape index (κ3) is 1.58. The fraction of sp³-hybridized carbons (Fsp3) is 0.417. The number of aromatic nitrogens is 1. The molecule has 0 bridgehead atoms. The van der Waals surface area contributed by atoms with Crippen molar-refractivity contribution in [1.29, 1.82) is 0 Å². The molecule has 1 aromatic rings. The zero-order valence-corrected chi connectivity index (χ0v) is 8.19. The van der Waals surface area contributed by atoms with Crippen LogP contribution < -0.4 is 0 Å². The lowest BCUT2D eigenvalue weighted by atomic mass is 9.97. The standard InChI is InChI=1S/C12H15NO/c1-2-4-11(14)10-7-6-9-5-3-8-13-12(9)10/h2-3,5,8,10-11,14H,1,4,6-7H2. The van der Waals surface area contributed by atoms with Gasteiger partial charge in [0, 0.05) is 17.8 Å². The first-order chi connectivity index (χ1) is 6.83. The summed E-state index contributed by atoms with van der Waals surface area (Å²) >= 11 is 0. The van der Waals surface area contributed by atoms with Gasteiger partial charge in [-0.25, -0.2) is 0 Å². The van der Waals surface area contributed by atoms with Gasteiger partial charge in [-0.15, -0.1) is 6.58 Å². The minimum absolute atomic E-state index is 0.212. The summed E-state index contributed by atoms with van der Waals surface area (Å²) in [6.45, 7) is 3.65. The highest BCUT2D eigenvalue weighted by molar-refractivity contribution is 5.29. The van der Waals surface area contributed by atoms with Crippen LogP contribution in [0.1, 0.15) is 30.0 Å². The molecule has 0 aromatic carbocycles. The van der Waals surface area contributed by atoms with Crippen LogP contribution in [0, 0.1) is 0 Å². The average molecular weight is 189 g/mol. The Labute approximate surface area is 84.3 Å². The first-order valence-electron chi connectivity index (χ1n) is 5.05. The second-order valence-electron chi connectivity index (χ2n) is 3.78. The molecule has 1 heterocycles. The fourth-order valence-corrected chi connectivity index (χ4v) is 2.15. The molecular weight excluding hydrogens is 174 g/mol. The van der Waals surface area contributed by atoms with Crippen LogP contribution in [0.3, 0.4) is 0 Å². The van der Waals surface area contributed by atoms with E-state index in [4.69, 9.17) is 0 Å². The molecule has 0 aliphatic heterocycles. The Hall–Kier alpha value is -1.15. The van der Waals surface area contributed by atoms with Crippen molar-refractivity contribution < 1.29 is 5.11 Å². The number of nitrogens with zero attached hydrogens (tertiary/aromatic N) is 1. The number of pyridine rings is 1. The van der Waals surface area contributed by atoms with E-state index in [2.05, 4.69) is 17.6 Å². The van der Waals surface area contributed by atoms with Crippen LogP contribution in [0.25, 0.3) is 0 Å². The lowest BCUT2D eigenvalue weighted by molar-refractivity contribution is 0.144. The molecule has 2 rings (SSSR count). The second-order valence-corrected chi connectivity index (χ2v) is 3.78. The van der Waals surface area contributed by atoms with Crippen LogP contribution >= 0.6 is 0 Å². The van der Waals surface area contributed by atoms with E-state index in [-0.39, 0.29) is 12.0 Å². The molecule has 1 aliphatic rings. The molecule has 1 N–H and O–H groups in total. The summed E-state index contributed by atoms with van der Waals surface area (Å²) in [5.74, 6) is 0.212. The minimum atomic E-state index is -0.316. The lowest BCUT2D eigenvalue weighted by Gasteiger charge is -2.16. The number of aliphatic hydroxyl groups excluding tert-OH is 1. The van der Waals surface area contributed by atoms with Crippen molar-refractivity contribution in [1.82, 2.24) is 4.98 Å². The normalized spacial score (nSPS) is 21.6. The largest absolute Gasteiger partial charge is 0.392 e. The van der Waals surface area contributed by atoms with Crippen molar-refractivity contribution in [2.24, 2.45) is 0 Å². The molecule has 1 aromatic heterocycles. The topological polar surface area (TPSA) is 33.1 Å². The second kappa shape index (κ2) is 3.93. The maximum absolute atomic E-state index is 9.88. The van der Waals surface area contributed by atoms with Crippen molar-refractivity contribution in [2.45, 2.75) is 31.3 Å². The van der Waals surface area contributed by atoms with Gasteiger partial charge < -0.3 is 5.11 Å². The Morgan fingerprint density at radius 2 is 2.57 bits per heavy atom. The Morgan fingerprint density at radius 1 is 1.71 bits per heavy atom. The van der Waals surface area contributed by atoms with Gasteiger partial charge in [-0.1, -0.05) is 12.1 Å². The van der Waals surface area contributed by atoms with Crippen molar-refractivity contribution in [2.75, 3.05) is 0 Å². The Balaban J connectivity index is 2.21. The smallest absolute Gasteiger partial charge is 0.0658 e. The maximum Gasteiger partial charge on any atom is 0.0658 e. The maximum atomic E-state index is 9.88. The van der Waals surface area contributed by atoms with Gasteiger partial charge in [-0.2, -0.15) is 0 Å². The van der Waals surface area contributed by atoms with Gasteiger partial charge in [-0.05, 0) is 30.9 Å². The molecule has 0 amide bonds. The van der Waals surface area contributed by atoms with Crippen molar-refractivity contribution in [3.63, 3.8) is 0 Å². The highest BCUT2D eigenvalue weighted by Gasteiger charge is 2.28. The molecule has 14 heavy (non-hydrogen) atoms. The number of aliphatic hydroxyl groups is 1. The van der Waals surface area contributed by atoms with E-state index in [1.807, 2.05) is 6.07 Å². The zero-order chi connectivity index (χ0) is 9.97. The molecule has 0 spiro atoms. The number of hydrogen-bond acceptors (Lipinski definition) is 2. The molecular formula is C12H15NO. The van der Waals surface area contributed by atoms with Gasteiger partial charge >= 0.3 is 0 Å². The monoisotopic (exact) mass is 189 g/mol. The van der Waals surface area contributed by atoms with Crippen LogP contribution in [0.15, 0.2) is 31.0 Å². The summed E-state index contributed by atoms with van der Waals surface area (Å²) in [6, 6.07) is 4.06. The first-order valence-corrected chi connectivity index (χ1v) is 5.05. The quantitative estimate of drug-likeness (QED) is 0.738. The summed E-state index contributed by atoms with van der Waals surface area (Å²) in [7, 11) is 0. The molecule has 2 unspecified atom stereocenters. The SMILES string of the molecule is C=CCC(O)C1CCc2cccnc21. The molecule has 1 aliphatic carbocycles. The summed E-state index contributed by atoms with van der Waals surface area (Å²) in [6.07, 6.45) is 5.97. The molecule has 0 fully saturated rings. The third-order valence-corrected chi connectivity index (χ3v) is 2.87. The van der Waals surface area contributed by atoms with Crippen LogP contribution in [0.2, 0.25) is 0 Å². The lowest BCUT2D eigenvalue weighted by Crippen LogP contribution is -2.16. The highest BCUT2D eigenvalue weighted by atomic mass is 16.3. The Morgan fingerprint density at radius 3 is 3.36 bits per heavy atom. The van der Waals surface area contributed by atoms with Gasteiger partial charge in [0.05, 0.1) is 6.10 Å². The van der Waals surface area contributed by atoms with Crippen molar-refractivity contribution in [3.05, 3.63) is 42.2 Å². The highest BCUT2D eigenvalue weighted by Crippen LogP contribution is 2.34. The van der Waals surface area contributed by atoms with Gasteiger partial charge in [0.2, 0.25) is 0 Å². The predicted molar refractivity (Wildman–Crippen MR) is 56.1 cm³/mol. The Bertz CT molecular complexity index is 335. The van der Waals surface area contributed by atoms with Gasteiger partial charge in [-0.3, -0.25) is 4.98 Å². The number of fused-ring (bicyclic) bond motifs is 1. The molecule has 0 saturated heterocycles. The molecule has 0 radical (unpaired) electrons. The molecule has 2 nitrogen and oxygen atoms in total. The van der Waals surface area contributed by atoms with Crippen LogP contribution in [-0.2, 0) is 6.42 Å². The van der Waals surface area contributed by atoms with Gasteiger partial charge in [0.15, 0.2) is 0 Å². The zero-order valence-electron chi connectivity index (χ0n) is 8.19. The van der Waals surface area contributed by atoms with Crippen LogP contribution in [0.4, 0.5) is 0 Å². The first kappa shape index (κ1) is 9.41.